The fraction of sp³-hybridized carbons (Fsp3) is 0.435. The fourth-order valence-corrected chi connectivity index (χ4v) is 3.74. The lowest BCUT2D eigenvalue weighted by Gasteiger charge is -2.29. The van der Waals surface area contributed by atoms with Crippen molar-refractivity contribution < 1.29 is 4.79 Å². The van der Waals surface area contributed by atoms with Crippen LogP contribution in [0.3, 0.4) is 0 Å². The summed E-state index contributed by atoms with van der Waals surface area (Å²) in [6.45, 7) is 9.40. The molecule has 0 aromatic heterocycles. The van der Waals surface area contributed by atoms with Gasteiger partial charge in [-0.2, -0.15) is 0 Å². The largest absolute Gasteiger partial charge is 0.318 e. The molecule has 2 rings (SSSR count). The first-order valence-corrected chi connectivity index (χ1v) is 9.54. The van der Waals surface area contributed by atoms with Gasteiger partial charge in [0.05, 0.1) is 0 Å². The van der Waals surface area contributed by atoms with Crippen LogP contribution in [0.4, 0.5) is 0 Å². The predicted octanol–water partition coefficient (Wildman–Crippen LogP) is 4.81. The van der Waals surface area contributed by atoms with Crippen LogP contribution in [0.2, 0.25) is 0 Å². The number of hydrogen-bond acceptors (Lipinski definition) is 3. The van der Waals surface area contributed by atoms with Crippen LogP contribution in [0.25, 0.3) is 0 Å². The number of nitrogens with two attached hydrogens (primary N) is 1. The van der Waals surface area contributed by atoms with E-state index in [-0.39, 0.29) is 11.8 Å². The Morgan fingerprint density at radius 2 is 1.69 bits per heavy atom. The fourth-order valence-electron chi connectivity index (χ4n) is 3.74. The van der Waals surface area contributed by atoms with Crippen LogP contribution >= 0.6 is 0 Å². The van der Waals surface area contributed by atoms with Gasteiger partial charge in [0.15, 0.2) is 5.78 Å². The molecule has 0 amide bonds. The Balaban J connectivity index is 1.97. The summed E-state index contributed by atoms with van der Waals surface area (Å²) in [5, 5.41) is 0. The lowest BCUT2D eigenvalue weighted by molar-refractivity contribution is 0.101. The van der Waals surface area contributed by atoms with Crippen LogP contribution in [0.15, 0.2) is 42.5 Å². The highest BCUT2D eigenvalue weighted by molar-refractivity contribution is 5.97. The lowest BCUT2D eigenvalue weighted by atomic mass is 9.94. The molecule has 3 heteroatoms. The van der Waals surface area contributed by atoms with E-state index in [4.69, 9.17) is 5.73 Å². The van der Waals surface area contributed by atoms with Crippen molar-refractivity contribution in [3.05, 3.63) is 70.3 Å². The number of carbonyl (C=O) groups is 1. The molecule has 0 aliphatic carbocycles. The highest BCUT2D eigenvalue weighted by Crippen LogP contribution is 2.25. The van der Waals surface area contributed by atoms with Crippen molar-refractivity contribution in [2.45, 2.75) is 53.0 Å². The maximum atomic E-state index is 11.8. The quantitative estimate of drug-likeness (QED) is 0.400. The molecule has 2 aromatic rings. The third-order valence-electron chi connectivity index (χ3n) is 5.18. The molecule has 2 aromatic carbocycles. The number of benzene rings is 2. The first-order chi connectivity index (χ1) is 12.4. The van der Waals surface area contributed by atoms with Gasteiger partial charge in [0.2, 0.25) is 0 Å². The summed E-state index contributed by atoms with van der Waals surface area (Å²) in [4.78, 5) is 14.1. The molecular weight excluding hydrogens is 320 g/mol. The number of nitrogens with zero attached hydrogens (tertiary/aromatic N) is 1. The van der Waals surface area contributed by atoms with E-state index in [0.717, 1.165) is 42.5 Å². The Morgan fingerprint density at radius 3 is 2.23 bits per heavy atom. The van der Waals surface area contributed by atoms with Gasteiger partial charge in [0.1, 0.15) is 0 Å². The van der Waals surface area contributed by atoms with Crippen molar-refractivity contribution in [1.82, 2.24) is 4.90 Å². The molecular formula is C23H32N2O. The number of carbonyl (C=O) groups excluding carboxylic acids is 1. The molecule has 2 N–H and O–H groups in total. The summed E-state index contributed by atoms with van der Waals surface area (Å²) in [6.07, 6.45) is 3.40. The van der Waals surface area contributed by atoms with Crippen LogP contribution in [-0.4, -0.2) is 23.9 Å². The van der Waals surface area contributed by atoms with Crippen LogP contribution in [-0.2, 0) is 6.42 Å². The van der Waals surface area contributed by atoms with E-state index < -0.39 is 0 Å². The zero-order valence-corrected chi connectivity index (χ0v) is 16.6. The van der Waals surface area contributed by atoms with Crippen molar-refractivity contribution >= 4 is 5.78 Å². The maximum absolute atomic E-state index is 11.8. The molecule has 0 saturated carbocycles. The third kappa shape index (κ3) is 5.26. The smallest absolute Gasteiger partial charge is 0.160 e. The summed E-state index contributed by atoms with van der Waals surface area (Å²) in [5.74, 6) is 0.135. The van der Waals surface area contributed by atoms with Crippen LogP contribution in [0.5, 0.6) is 0 Å². The Bertz CT molecular complexity index is 701. The summed E-state index contributed by atoms with van der Waals surface area (Å²) >= 11 is 0. The second-order valence-corrected chi connectivity index (χ2v) is 7.20. The average molecular weight is 353 g/mol. The molecule has 1 unspecified atom stereocenters. The standard InChI is InChI=1S/C23H32N2O/c1-17-14-22(15-18(2)23(17)20(4)26)19(3)25(16-24)13-9-8-12-21-10-6-5-7-11-21/h5-7,10-11,14-15,19H,8-9,12-13,16,24H2,1-4H3. The molecule has 0 heterocycles. The van der Waals surface area contributed by atoms with Crippen molar-refractivity contribution in [2.24, 2.45) is 5.73 Å². The van der Waals surface area contributed by atoms with E-state index in [9.17, 15) is 4.79 Å². The second-order valence-electron chi connectivity index (χ2n) is 7.20. The minimum Gasteiger partial charge on any atom is -0.318 e. The third-order valence-corrected chi connectivity index (χ3v) is 5.18. The first kappa shape index (κ1) is 20.3. The van der Waals surface area contributed by atoms with Gasteiger partial charge in [-0.05, 0) is 75.8 Å². The predicted molar refractivity (Wildman–Crippen MR) is 109 cm³/mol. The van der Waals surface area contributed by atoms with E-state index in [0.29, 0.717) is 6.67 Å². The number of rotatable bonds is 9. The van der Waals surface area contributed by atoms with Gasteiger partial charge >= 0.3 is 0 Å². The molecule has 140 valence electrons. The van der Waals surface area contributed by atoms with E-state index in [1.165, 1.54) is 11.1 Å². The molecule has 0 fully saturated rings. The number of Topliss-reactive ketones (excluding diaryl/α,β-unsaturated/α-hetero) is 1. The summed E-state index contributed by atoms with van der Waals surface area (Å²) in [5.41, 5.74) is 11.6. The van der Waals surface area contributed by atoms with Crippen LogP contribution in [0.1, 0.15) is 65.3 Å². The van der Waals surface area contributed by atoms with Crippen molar-refractivity contribution in [3.8, 4) is 0 Å². The van der Waals surface area contributed by atoms with Crippen LogP contribution in [0, 0.1) is 13.8 Å². The Labute approximate surface area is 158 Å². The lowest BCUT2D eigenvalue weighted by Crippen LogP contribution is -2.33. The summed E-state index contributed by atoms with van der Waals surface area (Å²) in [7, 11) is 0. The molecule has 0 aliphatic rings. The normalized spacial score (nSPS) is 12.4. The van der Waals surface area contributed by atoms with Crippen molar-refractivity contribution in [2.75, 3.05) is 13.2 Å². The average Bonchev–Trinajstić information content (AvgIpc) is 2.61. The number of hydrogen-bond donors (Lipinski definition) is 1. The van der Waals surface area contributed by atoms with Gasteiger partial charge in [0.25, 0.3) is 0 Å². The van der Waals surface area contributed by atoms with E-state index >= 15 is 0 Å². The molecule has 1 atom stereocenters. The molecule has 0 spiro atoms. The van der Waals surface area contributed by atoms with E-state index in [1.807, 2.05) is 13.8 Å². The van der Waals surface area contributed by atoms with Gasteiger partial charge in [-0.1, -0.05) is 42.5 Å². The number of aryl methyl sites for hydroxylation is 3. The highest BCUT2D eigenvalue weighted by atomic mass is 16.1. The molecule has 0 radical (unpaired) electrons. The molecule has 3 nitrogen and oxygen atoms in total. The van der Waals surface area contributed by atoms with Gasteiger partial charge in [-0.3, -0.25) is 9.69 Å². The second kappa shape index (κ2) is 9.65. The summed E-state index contributed by atoms with van der Waals surface area (Å²) < 4.78 is 0. The molecule has 26 heavy (non-hydrogen) atoms. The topological polar surface area (TPSA) is 46.3 Å². The monoisotopic (exact) mass is 352 g/mol. The first-order valence-electron chi connectivity index (χ1n) is 9.54. The number of ketones is 1. The Kier molecular flexibility index (Phi) is 7.55. The van der Waals surface area contributed by atoms with E-state index in [1.54, 1.807) is 6.92 Å². The van der Waals surface area contributed by atoms with Gasteiger partial charge in [0, 0.05) is 18.3 Å². The molecule has 0 aliphatic heterocycles. The van der Waals surface area contributed by atoms with E-state index in [2.05, 4.69) is 54.3 Å². The van der Waals surface area contributed by atoms with Crippen molar-refractivity contribution in [1.29, 1.82) is 0 Å². The SMILES string of the molecule is CC(=O)c1c(C)cc(C(C)N(CN)CCCCc2ccccc2)cc1C. The number of unbranched alkanes of at least 4 members (excludes halogenated alkanes) is 1. The zero-order valence-electron chi connectivity index (χ0n) is 16.6. The molecule has 0 saturated heterocycles. The van der Waals surface area contributed by atoms with Gasteiger partial charge < -0.3 is 5.73 Å². The molecule has 0 bridgehead atoms. The minimum absolute atomic E-state index is 0.135. The maximum Gasteiger partial charge on any atom is 0.160 e. The van der Waals surface area contributed by atoms with Gasteiger partial charge in [-0.15, -0.1) is 0 Å². The van der Waals surface area contributed by atoms with Crippen molar-refractivity contribution in [3.63, 3.8) is 0 Å². The van der Waals surface area contributed by atoms with Gasteiger partial charge in [-0.25, -0.2) is 0 Å². The summed E-state index contributed by atoms with van der Waals surface area (Å²) in [6, 6.07) is 15.1. The Hall–Kier alpha value is -1.97. The van der Waals surface area contributed by atoms with Crippen LogP contribution < -0.4 is 5.73 Å². The Morgan fingerprint density at radius 1 is 1.08 bits per heavy atom. The zero-order chi connectivity index (χ0) is 19.1. The minimum atomic E-state index is 0.135. The highest BCUT2D eigenvalue weighted by Gasteiger charge is 2.17.